The number of unbranched alkanes of at least 4 members (excludes halogenated alkanes) is 1. The van der Waals surface area contributed by atoms with Crippen LogP contribution in [-0.2, 0) is 28.6 Å². The van der Waals surface area contributed by atoms with Crippen molar-refractivity contribution in [1.82, 2.24) is 0 Å². The minimum atomic E-state index is -0.501. The number of methoxy groups -OCH3 is 1. The first-order valence-electron chi connectivity index (χ1n) is 8.76. The molecule has 0 rings (SSSR count). The first-order chi connectivity index (χ1) is 12.9. The Balaban J connectivity index is -0.000000351. The van der Waals surface area contributed by atoms with Crippen LogP contribution in [0.3, 0.4) is 0 Å². The predicted octanol–water partition coefficient (Wildman–Crippen LogP) is 2.99. The van der Waals surface area contributed by atoms with Gasteiger partial charge >= 0.3 is 17.9 Å². The molecule has 0 radical (unpaired) electrons. The van der Waals surface area contributed by atoms with Gasteiger partial charge in [-0.25, -0.2) is 14.4 Å². The summed E-state index contributed by atoms with van der Waals surface area (Å²) >= 11 is 0. The molecule has 7 heteroatoms. The lowest BCUT2D eigenvalue weighted by atomic mass is 10.0. The van der Waals surface area contributed by atoms with Crippen LogP contribution in [0.2, 0.25) is 0 Å². The van der Waals surface area contributed by atoms with Crippen molar-refractivity contribution in [3.8, 4) is 0 Å². The molecule has 0 aromatic rings. The quantitative estimate of drug-likeness (QED) is 0.331. The normalized spacial score (nSPS) is 9.78. The van der Waals surface area contributed by atoms with E-state index >= 15 is 0 Å². The Labute approximate surface area is 162 Å². The largest absolute Gasteiger partial charge is 0.466 e. The van der Waals surface area contributed by atoms with Gasteiger partial charge in [-0.3, -0.25) is 0 Å². The molecule has 0 heterocycles. The number of hydrogen-bond donors (Lipinski definition) is 1. The van der Waals surface area contributed by atoms with Gasteiger partial charge in [0.25, 0.3) is 0 Å². The molecule has 0 spiro atoms. The van der Waals surface area contributed by atoms with Crippen molar-refractivity contribution in [2.75, 3.05) is 26.9 Å². The average molecular weight is 386 g/mol. The first kappa shape index (κ1) is 29.4. The Bertz CT molecular complexity index is 430. The van der Waals surface area contributed by atoms with Crippen LogP contribution in [0.1, 0.15) is 39.5 Å². The van der Waals surface area contributed by atoms with Crippen molar-refractivity contribution in [1.29, 1.82) is 0 Å². The zero-order chi connectivity index (χ0) is 21.5. The molecule has 0 saturated heterocycles. The van der Waals surface area contributed by atoms with E-state index in [0.717, 1.165) is 25.0 Å². The van der Waals surface area contributed by atoms with E-state index in [2.05, 4.69) is 43.1 Å². The Morgan fingerprint density at radius 3 is 1.81 bits per heavy atom. The Hall–Kier alpha value is -2.41. The number of esters is 3. The summed E-state index contributed by atoms with van der Waals surface area (Å²) in [4.78, 5) is 30.7. The van der Waals surface area contributed by atoms with Gasteiger partial charge in [-0.1, -0.05) is 52.8 Å². The van der Waals surface area contributed by atoms with Crippen molar-refractivity contribution in [3.63, 3.8) is 0 Å². The smallest absolute Gasteiger partial charge is 0.330 e. The fraction of sp³-hybridized carbons (Fsp3) is 0.550. The second-order valence-corrected chi connectivity index (χ2v) is 5.07. The summed E-state index contributed by atoms with van der Waals surface area (Å²) in [6, 6.07) is 0. The number of rotatable bonds is 11. The number of carbonyl (C=O) groups excluding carboxylic acids is 3. The minimum absolute atomic E-state index is 0.0465. The van der Waals surface area contributed by atoms with Gasteiger partial charge in [0.15, 0.2) is 0 Å². The van der Waals surface area contributed by atoms with E-state index in [4.69, 9.17) is 9.84 Å². The van der Waals surface area contributed by atoms with Crippen molar-refractivity contribution >= 4 is 17.9 Å². The zero-order valence-electron chi connectivity index (χ0n) is 16.8. The topological polar surface area (TPSA) is 99.1 Å². The van der Waals surface area contributed by atoms with Crippen LogP contribution in [0.15, 0.2) is 38.0 Å². The van der Waals surface area contributed by atoms with E-state index in [1.807, 2.05) is 0 Å². The van der Waals surface area contributed by atoms with Crippen molar-refractivity contribution in [3.05, 3.63) is 38.0 Å². The fourth-order valence-electron chi connectivity index (χ4n) is 1.45. The van der Waals surface area contributed by atoms with Gasteiger partial charge in [-0.2, -0.15) is 0 Å². The molecule has 0 amide bonds. The third-order valence-corrected chi connectivity index (χ3v) is 3.04. The molecule has 0 bridgehead atoms. The lowest BCUT2D eigenvalue weighted by Crippen LogP contribution is -2.12. The maximum atomic E-state index is 10.8. The minimum Gasteiger partial charge on any atom is -0.466 e. The number of hydrogen-bond acceptors (Lipinski definition) is 7. The van der Waals surface area contributed by atoms with Crippen LogP contribution in [-0.4, -0.2) is 49.9 Å². The van der Waals surface area contributed by atoms with Crippen molar-refractivity contribution < 1.29 is 33.7 Å². The lowest BCUT2D eigenvalue weighted by molar-refractivity contribution is -0.139. The molecule has 0 saturated carbocycles. The van der Waals surface area contributed by atoms with Crippen LogP contribution in [0.25, 0.3) is 0 Å². The van der Waals surface area contributed by atoms with E-state index in [1.165, 1.54) is 26.0 Å². The molecule has 0 fully saturated rings. The van der Waals surface area contributed by atoms with Crippen molar-refractivity contribution in [2.24, 2.45) is 5.92 Å². The molecular formula is C20H34O7. The highest BCUT2D eigenvalue weighted by Gasteiger charge is 2.07. The number of carbonyl (C=O) groups is 3. The summed E-state index contributed by atoms with van der Waals surface area (Å²) < 4.78 is 13.5. The second kappa shape index (κ2) is 23.6. The highest BCUT2D eigenvalue weighted by Crippen LogP contribution is 2.12. The molecule has 0 aromatic carbocycles. The van der Waals surface area contributed by atoms with Gasteiger partial charge in [0, 0.05) is 18.2 Å². The van der Waals surface area contributed by atoms with Crippen LogP contribution >= 0.6 is 0 Å². The van der Waals surface area contributed by atoms with E-state index in [0.29, 0.717) is 12.5 Å². The van der Waals surface area contributed by atoms with E-state index in [1.54, 1.807) is 0 Å². The number of ether oxygens (including phenoxy) is 3. The third-order valence-electron chi connectivity index (χ3n) is 3.04. The molecule has 0 aliphatic rings. The SMILES string of the molecule is C=CC(=O)OC.C=CC(=O)OCC(CC)CCCC.C=CC(=O)OCCO. The summed E-state index contributed by atoms with van der Waals surface area (Å²) in [6.07, 6.45) is 8.01. The van der Waals surface area contributed by atoms with Crippen LogP contribution in [0.4, 0.5) is 0 Å². The van der Waals surface area contributed by atoms with Gasteiger partial charge in [0.2, 0.25) is 0 Å². The summed E-state index contributed by atoms with van der Waals surface area (Å²) in [7, 11) is 1.31. The molecule has 1 unspecified atom stereocenters. The molecular weight excluding hydrogens is 352 g/mol. The molecule has 0 aliphatic carbocycles. The van der Waals surface area contributed by atoms with Crippen LogP contribution in [0.5, 0.6) is 0 Å². The number of aliphatic hydroxyl groups is 1. The van der Waals surface area contributed by atoms with Crippen molar-refractivity contribution in [2.45, 2.75) is 39.5 Å². The molecule has 0 aromatic heterocycles. The van der Waals surface area contributed by atoms with Crippen LogP contribution in [0, 0.1) is 5.92 Å². The second-order valence-electron chi connectivity index (χ2n) is 5.07. The fourth-order valence-corrected chi connectivity index (χ4v) is 1.45. The molecule has 0 aliphatic heterocycles. The molecule has 7 nitrogen and oxygen atoms in total. The highest BCUT2D eigenvalue weighted by molar-refractivity contribution is 5.81. The van der Waals surface area contributed by atoms with Crippen LogP contribution < -0.4 is 0 Å². The zero-order valence-corrected chi connectivity index (χ0v) is 16.8. The van der Waals surface area contributed by atoms with Gasteiger partial charge in [0.1, 0.15) is 6.61 Å². The predicted molar refractivity (Wildman–Crippen MR) is 105 cm³/mol. The number of aliphatic hydroxyl groups excluding tert-OH is 1. The summed E-state index contributed by atoms with van der Waals surface area (Å²) in [5.41, 5.74) is 0. The molecule has 1 atom stereocenters. The Morgan fingerprint density at radius 1 is 0.963 bits per heavy atom. The summed E-state index contributed by atoms with van der Waals surface area (Å²) in [5.74, 6) is -0.687. The van der Waals surface area contributed by atoms with E-state index < -0.39 is 11.9 Å². The van der Waals surface area contributed by atoms with Gasteiger partial charge < -0.3 is 19.3 Å². The highest BCUT2D eigenvalue weighted by atomic mass is 16.5. The van der Waals surface area contributed by atoms with Gasteiger partial charge in [-0.15, -0.1) is 0 Å². The third kappa shape index (κ3) is 25.9. The average Bonchev–Trinajstić information content (AvgIpc) is 2.71. The summed E-state index contributed by atoms with van der Waals surface area (Å²) in [6.45, 7) is 14.4. The maximum Gasteiger partial charge on any atom is 0.330 e. The monoisotopic (exact) mass is 386 g/mol. The Kier molecular flexibility index (Phi) is 25.6. The van der Waals surface area contributed by atoms with E-state index in [9.17, 15) is 14.4 Å². The van der Waals surface area contributed by atoms with Gasteiger partial charge in [-0.05, 0) is 12.3 Å². The summed E-state index contributed by atoms with van der Waals surface area (Å²) in [5, 5.41) is 8.10. The molecule has 156 valence electrons. The lowest BCUT2D eigenvalue weighted by Gasteiger charge is -2.13. The standard InChI is InChI=1S/C11H20O2.C5H8O3.C4H6O2/c1-4-7-8-10(5-2)9-13-11(12)6-3;1-2-5(7)8-4-3-6;1-3-4(5)6-2/h6,10H,3-5,7-9H2,1-2H3;2,6H,1,3-4H2;3H,1H2,2H3. The maximum absolute atomic E-state index is 10.8. The first-order valence-corrected chi connectivity index (χ1v) is 8.76. The Morgan fingerprint density at radius 2 is 1.48 bits per heavy atom. The van der Waals surface area contributed by atoms with Gasteiger partial charge in [0.05, 0.1) is 20.3 Å². The molecule has 27 heavy (non-hydrogen) atoms. The molecule has 1 N–H and O–H groups in total. The van der Waals surface area contributed by atoms with E-state index in [-0.39, 0.29) is 19.2 Å².